The van der Waals surface area contributed by atoms with Crippen LogP contribution in [0.4, 0.5) is 0 Å². The molecule has 1 aromatic heterocycles. The van der Waals surface area contributed by atoms with Gasteiger partial charge in [0.1, 0.15) is 0 Å². The first-order valence-electron chi connectivity index (χ1n) is 5.28. The Morgan fingerprint density at radius 3 is 2.71 bits per heavy atom. The Balaban J connectivity index is 2.05. The van der Waals surface area contributed by atoms with Crippen LogP contribution < -0.4 is 5.73 Å². The molecule has 2 N–H and O–H groups in total. The zero-order valence-corrected chi connectivity index (χ0v) is 8.61. The zero-order chi connectivity index (χ0) is 9.97. The van der Waals surface area contributed by atoms with E-state index >= 15 is 0 Å². The van der Waals surface area contributed by atoms with Crippen molar-refractivity contribution in [2.45, 2.75) is 32.1 Å². The smallest absolute Gasteiger partial charge is 0.0630 e. The number of hydrogen-bond donors (Lipinski definition) is 1. The molecule has 1 saturated carbocycles. The Morgan fingerprint density at radius 2 is 2.21 bits per heavy atom. The monoisotopic (exact) mass is 191 g/mol. The molecule has 1 heterocycles. The molecule has 0 bridgehead atoms. The van der Waals surface area contributed by atoms with Crippen LogP contribution in [0.3, 0.4) is 0 Å². The summed E-state index contributed by atoms with van der Waals surface area (Å²) in [6, 6.07) is 0. The summed E-state index contributed by atoms with van der Waals surface area (Å²) in [5, 5.41) is 0. The molecule has 0 amide bonds. The maximum absolute atomic E-state index is 5.75. The normalized spacial score (nSPS) is 18.1. The third-order valence-electron chi connectivity index (χ3n) is 2.82. The number of nitrogens with zero attached hydrogens (tertiary/aromatic N) is 2. The summed E-state index contributed by atoms with van der Waals surface area (Å²) in [7, 11) is 0. The largest absolute Gasteiger partial charge is 0.330 e. The summed E-state index contributed by atoms with van der Waals surface area (Å²) in [5.74, 6) is 1.31. The number of aromatic nitrogens is 2. The molecular formula is C11H17N3. The highest BCUT2D eigenvalue weighted by Crippen LogP contribution is 2.37. The van der Waals surface area contributed by atoms with Gasteiger partial charge in [-0.05, 0) is 19.3 Å². The van der Waals surface area contributed by atoms with E-state index in [4.69, 9.17) is 5.73 Å². The zero-order valence-electron chi connectivity index (χ0n) is 8.61. The quantitative estimate of drug-likeness (QED) is 0.787. The average molecular weight is 191 g/mol. The van der Waals surface area contributed by atoms with Crippen molar-refractivity contribution in [2.75, 3.05) is 6.54 Å². The highest BCUT2D eigenvalue weighted by Gasteiger charge is 2.26. The van der Waals surface area contributed by atoms with Crippen LogP contribution in [0.2, 0.25) is 0 Å². The molecule has 1 fully saturated rings. The van der Waals surface area contributed by atoms with Gasteiger partial charge in [-0.3, -0.25) is 9.97 Å². The topological polar surface area (TPSA) is 51.8 Å². The fourth-order valence-electron chi connectivity index (χ4n) is 1.71. The lowest BCUT2D eigenvalue weighted by Crippen LogP contribution is -2.14. The van der Waals surface area contributed by atoms with Crippen molar-refractivity contribution in [3.8, 4) is 0 Å². The predicted octanol–water partition coefficient (Wildman–Crippen LogP) is 1.63. The number of nitrogens with two attached hydrogens (primary N) is 1. The summed E-state index contributed by atoms with van der Waals surface area (Å²) < 4.78 is 0. The van der Waals surface area contributed by atoms with Gasteiger partial charge in [-0.15, -0.1) is 0 Å². The van der Waals surface area contributed by atoms with Gasteiger partial charge in [-0.1, -0.05) is 12.8 Å². The van der Waals surface area contributed by atoms with Crippen molar-refractivity contribution < 1.29 is 0 Å². The van der Waals surface area contributed by atoms with E-state index in [1.165, 1.54) is 19.3 Å². The minimum atomic E-state index is 0.413. The van der Waals surface area contributed by atoms with Crippen molar-refractivity contribution in [1.82, 2.24) is 9.97 Å². The number of rotatable bonds is 4. The first-order chi connectivity index (χ1) is 6.79. The van der Waals surface area contributed by atoms with Crippen LogP contribution in [0.15, 0.2) is 12.4 Å². The Labute approximate surface area is 84.8 Å². The average Bonchev–Trinajstić information content (AvgIpc) is 3.00. The molecule has 3 heteroatoms. The van der Waals surface area contributed by atoms with Gasteiger partial charge in [0, 0.05) is 24.9 Å². The van der Waals surface area contributed by atoms with Crippen LogP contribution in [0.1, 0.15) is 36.6 Å². The van der Waals surface area contributed by atoms with Gasteiger partial charge in [0.15, 0.2) is 0 Å². The summed E-state index contributed by atoms with van der Waals surface area (Å²) >= 11 is 0. The Kier molecular flexibility index (Phi) is 2.77. The van der Waals surface area contributed by atoms with Gasteiger partial charge in [-0.25, -0.2) is 0 Å². The van der Waals surface area contributed by atoms with Crippen LogP contribution in [0, 0.1) is 12.8 Å². The first kappa shape index (κ1) is 9.59. The third-order valence-corrected chi connectivity index (χ3v) is 2.82. The van der Waals surface area contributed by atoms with E-state index < -0.39 is 0 Å². The van der Waals surface area contributed by atoms with E-state index in [0.717, 1.165) is 17.3 Å². The maximum atomic E-state index is 5.75. The molecule has 1 atom stereocenters. The van der Waals surface area contributed by atoms with E-state index in [-0.39, 0.29) is 0 Å². The van der Waals surface area contributed by atoms with E-state index in [0.29, 0.717) is 12.5 Å². The van der Waals surface area contributed by atoms with Crippen LogP contribution in [-0.4, -0.2) is 16.5 Å². The lowest BCUT2D eigenvalue weighted by Gasteiger charge is -2.12. The van der Waals surface area contributed by atoms with Gasteiger partial charge in [-0.2, -0.15) is 0 Å². The van der Waals surface area contributed by atoms with Crippen LogP contribution in [-0.2, 0) is 0 Å². The number of aryl methyl sites for hydroxylation is 1. The second-order valence-corrected chi connectivity index (χ2v) is 4.19. The minimum absolute atomic E-state index is 0.413. The third kappa shape index (κ3) is 2.29. The van der Waals surface area contributed by atoms with Crippen molar-refractivity contribution in [1.29, 1.82) is 0 Å². The SMILES string of the molecule is Cc1cnc([C@@H](CN)CC2CC2)cn1. The van der Waals surface area contributed by atoms with Crippen LogP contribution in [0.25, 0.3) is 0 Å². The molecule has 14 heavy (non-hydrogen) atoms. The predicted molar refractivity (Wildman–Crippen MR) is 55.9 cm³/mol. The molecule has 2 rings (SSSR count). The van der Waals surface area contributed by atoms with Gasteiger partial charge in [0.2, 0.25) is 0 Å². The van der Waals surface area contributed by atoms with Crippen molar-refractivity contribution >= 4 is 0 Å². The summed E-state index contributed by atoms with van der Waals surface area (Å²) in [6.45, 7) is 2.64. The Morgan fingerprint density at radius 1 is 1.43 bits per heavy atom. The Bertz CT molecular complexity index is 290. The van der Waals surface area contributed by atoms with E-state index in [2.05, 4.69) is 9.97 Å². The maximum Gasteiger partial charge on any atom is 0.0630 e. The summed E-state index contributed by atoms with van der Waals surface area (Å²) in [6.07, 6.45) is 7.62. The first-order valence-corrected chi connectivity index (χ1v) is 5.28. The highest BCUT2D eigenvalue weighted by molar-refractivity contribution is 5.08. The molecule has 0 spiro atoms. The van der Waals surface area contributed by atoms with Crippen molar-refractivity contribution in [3.63, 3.8) is 0 Å². The molecule has 0 aliphatic heterocycles. The second-order valence-electron chi connectivity index (χ2n) is 4.19. The standard InChI is InChI=1S/C11H17N3/c1-8-6-14-11(7-13-8)10(5-12)4-9-2-3-9/h6-7,9-10H,2-5,12H2,1H3/t10-/m1/s1. The summed E-state index contributed by atoms with van der Waals surface area (Å²) in [4.78, 5) is 8.65. The fraction of sp³-hybridized carbons (Fsp3) is 0.636. The van der Waals surface area contributed by atoms with Gasteiger partial charge >= 0.3 is 0 Å². The molecule has 0 radical (unpaired) electrons. The molecule has 0 unspecified atom stereocenters. The van der Waals surface area contributed by atoms with Gasteiger partial charge in [0.05, 0.1) is 11.4 Å². The van der Waals surface area contributed by atoms with Gasteiger partial charge < -0.3 is 5.73 Å². The lowest BCUT2D eigenvalue weighted by atomic mass is 9.99. The molecule has 76 valence electrons. The van der Waals surface area contributed by atoms with Crippen LogP contribution in [0.5, 0.6) is 0 Å². The lowest BCUT2D eigenvalue weighted by molar-refractivity contribution is 0.569. The molecule has 3 nitrogen and oxygen atoms in total. The molecule has 1 aliphatic rings. The van der Waals surface area contributed by atoms with Crippen LogP contribution >= 0.6 is 0 Å². The van der Waals surface area contributed by atoms with Crippen molar-refractivity contribution in [2.24, 2.45) is 11.7 Å². The molecule has 1 aliphatic carbocycles. The summed E-state index contributed by atoms with van der Waals surface area (Å²) in [5.41, 5.74) is 7.78. The minimum Gasteiger partial charge on any atom is -0.330 e. The number of hydrogen-bond acceptors (Lipinski definition) is 3. The van der Waals surface area contributed by atoms with Crippen molar-refractivity contribution in [3.05, 3.63) is 23.8 Å². The molecular weight excluding hydrogens is 174 g/mol. The van der Waals surface area contributed by atoms with Gasteiger partial charge in [0.25, 0.3) is 0 Å². The van der Waals surface area contributed by atoms with E-state index in [9.17, 15) is 0 Å². The fourth-order valence-corrected chi connectivity index (χ4v) is 1.71. The van der Waals surface area contributed by atoms with E-state index in [1.807, 2.05) is 19.3 Å². The van der Waals surface area contributed by atoms with E-state index in [1.54, 1.807) is 0 Å². The molecule has 1 aromatic rings. The highest BCUT2D eigenvalue weighted by atomic mass is 14.8. The molecule has 0 aromatic carbocycles. The second kappa shape index (κ2) is 4.05. The Hall–Kier alpha value is -0.960. The molecule has 0 saturated heterocycles.